The Morgan fingerprint density at radius 2 is 1.76 bits per heavy atom. The van der Waals surface area contributed by atoms with E-state index in [4.69, 9.17) is 10.5 Å². The molecule has 0 fully saturated rings. The van der Waals surface area contributed by atoms with Gasteiger partial charge >= 0.3 is 5.97 Å². The summed E-state index contributed by atoms with van der Waals surface area (Å²) in [5, 5.41) is 12.9. The number of carboxylic acid groups (broad SMARTS) is 1. The summed E-state index contributed by atoms with van der Waals surface area (Å²) in [6, 6.07) is 19.4. The number of para-hydroxylation sites is 2. The average molecular weight is 443 g/mol. The third kappa shape index (κ3) is 4.82. The Kier molecular flexibility index (Phi) is 6.03. The number of anilines is 2. The van der Waals surface area contributed by atoms with Crippen LogP contribution in [0, 0.1) is 6.92 Å². The number of rotatable bonds is 8. The number of aryl methyl sites for hydroxylation is 1. The molecule has 2 heterocycles. The molecule has 0 aliphatic heterocycles. The number of aromatic nitrogens is 3. The summed E-state index contributed by atoms with van der Waals surface area (Å²) in [6.07, 6.45) is 1.76. The smallest absolute Gasteiger partial charge is 0.352 e. The largest absolute Gasteiger partial charge is 0.477 e. The van der Waals surface area contributed by atoms with Crippen molar-refractivity contribution in [2.24, 2.45) is 5.73 Å². The summed E-state index contributed by atoms with van der Waals surface area (Å²) < 4.78 is 6.91. The van der Waals surface area contributed by atoms with Crippen LogP contribution in [0.4, 0.5) is 11.6 Å². The Hall–Kier alpha value is -4.66. The van der Waals surface area contributed by atoms with Crippen LogP contribution >= 0.6 is 0 Å². The van der Waals surface area contributed by atoms with Crippen molar-refractivity contribution in [2.45, 2.75) is 13.2 Å². The molecule has 0 spiro atoms. The van der Waals surface area contributed by atoms with Gasteiger partial charge in [0.15, 0.2) is 0 Å². The number of aromatic carboxylic acids is 1. The second-order valence-corrected chi connectivity index (χ2v) is 7.23. The molecular formula is C24H21N5O4. The Morgan fingerprint density at radius 3 is 2.39 bits per heavy atom. The molecule has 0 bridgehead atoms. The molecule has 0 aliphatic carbocycles. The molecule has 33 heavy (non-hydrogen) atoms. The summed E-state index contributed by atoms with van der Waals surface area (Å²) in [6.45, 7) is 1.81. The van der Waals surface area contributed by atoms with Gasteiger partial charge in [0.25, 0.3) is 12.1 Å². The molecule has 1 amide bonds. The second kappa shape index (κ2) is 9.23. The lowest BCUT2D eigenvalue weighted by molar-refractivity contribution is -0.128. The van der Waals surface area contributed by atoms with Crippen LogP contribution in [0.3, 0.4) is 0 Å². The topological polar surface area (TPSA) is 132 Å². The number of nitrogens with two attached hydrogens (primary N) is 1. The van der Waals surface area contributed by atoms with Gasteiger partial charge in [-0.2, -0.15) is 0 Å². The minimum absolute atomic E-state index is 0.166. The summed E-state index contributed by atoms with van der Waals surface area (Å²) in [5.74, 6) is -1.35. The van der Waals surface area contributed by atoms with Crippen molar-refractivity contribution in [3.63, 3.8) is 0 Å². The summed E-state index contributed by atoms with van der Waals surface area (Å²) in [4.78, 5) is 33.0. The third-order valence-corrected chi connectivity index (χ3v) is 4.83. The van der Waals surface area contributed by atoms with E-state index in [9.17, 15) is 14.7 Å². The molecule has 1 unspecified atom stereocenters. The number of nitrogens with zero attached hydrogens (tertiary/aromatic N) is 3. The number of nitrogens with one attached hydrogen (secondary N) is 1. The van der Waals surface area contributed by atoms with E-state index in [0.29, 0.717) is 23.0 Å². The van der Waals surface area contributed by atoms with Gasteiger partial charge in [0.2, 0.25) is 5.95 Å². The Bertz CT molecular complexity index is 1290. The minimum atomic E-state index is -1.36. The highest BCUT2D eigenvalue weighted by atomic mass is 16.5. The van der Waals surface area contributed by atoms with E-state index >= 15 is 0 Å². The van der Waals surface area contributed by atoms with Gasteiger partial charge in [0.1, 0.15) is 11.4 Å². The van der Waals surface area contributed by atoms with Crippen LogP contribution in [0.1, 0.15) is 22.3 Å². The predicted octanol–water partition coefficient (Wildman–Crippen LogP) is 3.76. The molecule has 4 N–H and O–H groups in total. The molecule has 0 aliphatic rings. The first-order valence-electron chi connectivity index (χ1n) is 10.0. The molecule has 2 aromatic heterocycles. The van der Waals surface area contributed by atoms with Crippen molar-refractivity contribution in [1.82, 2.24) is 14.5 Å². The lowest BCUT2D eigenvalue weighted by atomic mass is 10.1. The minimum Gasteiger partial charge on any atom is -0.477 e. The van der Waals surface area contributed by atoms with Crippen LogP contribution < -0.4 is 15.8 Å². The van der Waals surface area contributed by atoms with Gasteiger partial charge < -0.3 is 20.9 Å². The number of hydrogen-bond acceptors (Lipinski definition) is 6. The maximum absolute atomic E-state index is 12.2. The van der Waals surface area contributed by atoms with Gasteiger partial charge in [0.05, 0.1) is 5.69 Å². The number of hydrogen-bond donors (Lipinski definition) is 3. The molecule has 0 saturated carbocycles. The van der Waals surface area contributed by atoms with E-state index in [1.807, 2.05) is 37.3 Å². The molecule has 0 radical (unpaired) electrons. The fourth-order valence-corrected chi connectivity index (χ4v) is 3.30. The van der Waals surface area contributed by atoms with Gasteiger partial charge in [-0.15, -0.1) is 0 Å². The maximum atomic E-state index is 12.2. The van der Waals surface area contributed by atoms with Crippen molar-refractivity contribution >= 4 is 23.5 Å². The van der Waals surface area contributed by atoms with E-state index < -0.39 is 18.1 Å². The molecule has 9 nitrogen and oxygen atoms in total. The highest BCUT2D eigenvalue weighted by Crippen LogP contribution is 2.28. The maximum Gasteiger partial charge on any atom is 0.352 e. The second-order valence-electron chi connectivity index (χ2n) is 7.23. The van der Waals surface area contributed by atoms with Gasteiger partial charge in [-0.25, -0.2) is 14.8 Å². The summed E-state index contributed by atoms with van der Waals surface area (Å²) in [7, 11) is 0. The number of carbonyl (C=O) groups is 2. The Labute approximate surface area is 189 Å². The van der Waals surface area contributed by atoms with Crippen molar-refractivity contribution in [1.29, 1.82) is 0 Å². The van der Waals surface area contributed by atoms with Gasteiger partial charge in [-0.1, -0.05) is 36.4 Å². The van der Waals surface area contributed by atoms with Crippen LogP contribution in [-0.2, 0) is 4.79 Å². The van der Waals surface area contributed by atoms with Gasteiger partial charge in [-0.05, 0) is 42.8 Å². The zero-order valence-corrected chi connectivity index (χ0v) is 17.7. The normalized spacial score (nSPS) is 11.5. The van der Waals surface area contributed by atoms with Gasteiger partial charge in [0, 0.05) is 23.6 Å². The lowest BCUT2D eigenvalue weighted by Crippen LogP contribution is -2.32. The van der Waals surface area contributed by atoms with Crippen molar-refractivity contribution < 1.29 is 19.4 Å². The standard InChI is InChI=1S/C24H21N5O4/c1-15-13-26-24(27-17-8-4-2-5-9-17)28-20(15)16-12-19(23(31)32)29(14-16)22(21(25)30)33-18-10-6-3-7-11-18/h2-14,22H,1H3,(H2,25,30)(H,31,32)(H,26,27,28). The molecule has 0 saturated heterocycles. The highest BCUT2D eigenvalue weighted by Gasteiger charge is 2.26. The molecular weight excluding hydrogens is 422 g/mol. The number of ether oxygens (including phenoxy) is 1. The molecule has 4 aromatic rings. The van der Waals surface area contributed by atoms with E-state index in [0.717, 1.165) is 11.3 Å². The zero-order chi connectivity index (χ0) is 23.4. The average Bonchev–Trinajstić information content (AvgIpc) is 3.25. The predicted molar refractivity (Wildman–Crippen MR) is 122 cm³/mol. The molecule has 2 aromatic carbocycles. The van der Waals surface area contributed by atoms with E-state index in [-0.39, 0.29) is 5.69 Å². The summed E-state index contributed by atoms with van der Waals surface area (Å²) >= 11 is 0. The SMILES string of the molecule is Cc1cnc(Nc2ccccc2)nc1-c1cc(C(=O)O)n(C(Oc2ccccc2)C(N)=O)c1. The first kappa shape index (κ1) is 21.6. The molecule has 166 valence electrons. The molecule has 1 atom stereocenters. The third-order valence-electron chi connectivity index (χ3n) is 4.83. The molecule has 9 heteroatoms. The van der Waals surface area contributed by atoms with Crippen molar-refractivity contribution in [2.75, 3.05) is 5.32 Å². The first-order chi connectivity index (χ1) is 15.9. The van der Waals surface area contributed by atoms with Crippen LogP contribution in [-0.4, -0.2) is 31.5 Å². The highest BCUT2D eigenvalue weighted by molar-refractivity contribution is 5.89. The number of amides is 1. The first-order valence-corrected chi connectivity index (χ1v) is 10.0. The number of carbonyl (C=O) groups excluding carboxylic acids is 1. The number of benzene rings is 2. The fourth-order valence-electron chi connectivity index (χ4n) is 3.30. The zero-order valence-electron chi connectivity index (χ0n) is 17.7. The number of carboxylic acids is 1. The monoisotopic (exact) mass is 443 g/mol. The fraction of sp³-hybridized carbons (Fsp3) is 0.0833. The Balaban J connectivity index is 1.73. The van der Waals surface area contributed by atoms with Crippen molar-refractivity contribution in [3.05, 3.63) is 90.4 Å². The molecule has 4 rings (SSSR count). The van der Waals surface area contributed by atoms with E-state index in [2.05, 4.69) is 15.3 Å². The van der Waals surface area contributed by atoms with Gasteiger partial charge in [-0.3, -0.25) is 9.36 Å². The van der Waals surface area contributed by atoms with E-state index in [1.165, 1.54) is 16.8 Å². The van der Waals surface area contributed by atoms with Crippen molar-refractivity contribution in [3.8, 4) is 17.0 Å². The van der Waals surface area contributed by atoms with Crippen LogP contribution in [0.25, 0.3) is 11.3 Å². The van der Waals surface area contributed by atoms with Crippen LogP contribution in [0.5, 0.6) is 5.75 Å². The van der Waals surface area contributed by atoms with Crippen LogP contribution in [0.2, 0.25) is 0 Å². The quantitative estimate of drug-likeness (QED) is 0.378. The lowest BCUT2D eigenvalue weighted by Gasteiger charge is -2.19. The number of primary amides is 1. The van der Waals surface area contributed by atoms with E-state index in [1.54, 1.807) is 36.5 Å². The summed E-state index contributed by atoms with van der Waals surface area (Å²) in [5.41, 5.74) is 7.91. The van der Waals surface area contributed by atoms with Crippen LogP contribution in [0.15, 0.2) is 79.1 Å². The Morgan fingerprint density at radius 1 is 1.09 bits per heavy atom.